The van der Waals surface area contributed by atoms with E-state index in [1.54, 1.807) is 11.0 Å². The van der Waals surface area contributed by atoms with E-state index in [1.807, 2.05) is 30.3 Å². The van der Waals surface area contributed by atoms with Crippen molar-refractivity contribution in [2.75, 3.05) is 19.7 Å². The van der Waals surface area contributed by atoms with Crippen molar-refractivity contribution in [3.63, 3.8) is 0 Å². The lowest BCUT2D eigenvalue weighted by molar-refractivity contribution is -0.0156. The van der Waals surface area contributed by atoms with E-state index >= 15 is 0 Å². The highest BCUT2D eigenvalue weighted by Gasteiger charge is 2.26. The molecular formula is C22H25FN2O3. The van der Waals surface area contributed by atoms with Crippen LogP contribution in [-0.4, -0.2) is 36.7 Å². The van der Waals surface area contributed by atoms with Crippen molar-refractivity contribution in [3.8, 4) is 5.75 Å². The van der Waals surface area contributed by atoms with Crippen molar-refractivity contribution >= 4 is 6.03 Å². The van der Waals surface area contributed by atoms with Crippen LogP contribution in [-0.2, 0) is 11.3 Å². The number of benzene rings is 2. The lowest BCUT2D eigenvalue weighted by Gasteiger charge is -2.33. The molecule has 1 aliphatic carbocycles. The molecule has 1 aliphatic heterocycles. The van der Waals surface area contributed by atoms with Gasteiger partial charge >= 0.3 is 6.03 Å². The molecule has 148 valence electrons. The highest BCUT2D eigenvalue weighted by molar-refractivity contribution is 5.74. The summed E-state index contributed by atoms with van der Waals surface area (Å²) in [5.74, 6) is 0.540. The predicted octanol–water partition coefficient (Wildman–Crippen LogP) is 4.04. The van der Waals surface area contributed by atoms with Crippen LogP contribution < -0.4 is 10.1 Å². The summed E-state index contributed by atoms with van der Waals surface area (Å²) in [6, 6.07) is 14.0. The Labute approximate surface area is 164 Å². The third-order valence-corrected chi connectivity index (χ3v) is 5.32. The molecule has 1 saturated heterocycles. The molecule has 2 amide bonds. The van der Waals surface area contributed by atoms with Crippen LogP contribution in [0.4, 0.5) is 9.18 Å². The molecule has 4 rings (SSSR count). The van der Waals surface area contributed by atoms with Gasteiger partial charge in [0, 0.05) is 18.7 Å². The molecule has 6 heteroatoms. The Bertz CT molecular complexity index is 825. The fraction of sp³-hybridized carbons (Fsp3) is 0.409. The number of nitrogens with zero attached hydrogens (tertiary/aromatic N) is 1. The topological polar surface area (TPSA) is 50.8 Å². The molecule has 2 aliphatic rings. The van der Waals surface area contributed by atoms with Gasteiger partial charge in [0.2, 0.25) is 0 Å². The summed E-state index contributed by atoms with van der Waals surface area (Å²) in [7, 11) is 0. The van der Waals surface area contributed by atoms with Gasteiger partial charge in [-0.25, -0.2) is 9.18 Å². The summed E-state index contributed by atoms with van der Waals surface area (Å²) in [5.41, 5.74) is 1.72. The Morgan fingerprint density at radius 1 is 1.21 bits per heavy atom. The standard InChI is InChI=1S/C22H25FN2O3/c23-18-7-3-6-16(13-18)21-15-25(11-12-27-21)22(26)24-14-17-5-1-2-10-20(17)28-19-8-4-9-19/h1-3,5-7,10,13,19,21H,4,8-9,11-12,14-15H2,(H,24,26). The maximum atomic E-state index is 13.5. The summed E-state index contributed by atoms with van der Waals surface area (Å²) in [6.45, 7) is 1.74. The molecule has 1 atom stereocenters. The summed E-state index contributed by atoms with van der Waals surface area (Å²) >= 11 is 0. The predicted molar refractivity (Wildman–Crippen MR) is 104 cm³/mol. The van der Waals surface area contributed by atoms with Crippen molar-refractivity contribution in [1.82, 2.24) is 10.2 Å². The number of rotatable bonds is 5. The van der Waals surface area contributed by atoms with Crippen LogP contribution in [0.25, 0.3) is 0 Å². The maximum absolute atomic E-state index is 13.5. The first-order valence-electron chi connectivity index (χ1n) is 9.83. The number of carbonyl (C=O) groups is 1. The molecule has 5 nitrogen and oxygen atoms in total. The monoisotopic (exact) mass is 384 g/mol. The van der Waals surface area contributed by atoms with Crippen molar-refractivity contribution in [2.45, 2.75) is 38.0 Å². The Morgan fingerprint density at radius 2 is 2.07 bits per heavy atom. The van der Waals surface area contributed by atoms with E-state index in [-0.39, 0.29) is 18.0 Å². The van der Waals surface area contributed by atoms with E-state index in [2.05, 4.69) is 5.32 Å². The maximum Gasteiger partial charge on any atom is 0.317 e. The van der Waals surface area contributed by atoms with Gasteiger partial charge in [-0.05, 0) is 43.0 Å². The average Bonchev–Trinajstić information content (AvgIpc) is 2.69. The number of amides is 2. The van der Waals surface area contributed by atoms with Crippen LogP contribution in [0.5, 0.6) is 5.75 Å². The van der Waals surface area contributed by atoms with E-state index in [4.69, 9.17) is 9.47 Å². The van der Waals surface area contributed by atoms with Crippen LogP contribution >= 0.6 is 0 Å². The first kappa shape index (κ1) is 18.7. The van der Waals surface area contributed by atoms with E-state index in [0.29, 0.717) is 32.3 Å². The second kappa shape index (κ2) is 8.61. The zero-order valence-electron chi connectivity index (χ0n) is 15.8. The molecule has 1 saturated carbocycles. The van der Waals surface area contributed by atoms with Crippen LogP contribution in [0.2, 0.25) is 0 Å². The summed E-state index contributed by atoms with van der Waals surface area (Å²) < 4.78 is 25.2. The van der Waals surface area contributed by atoms with Gasteiger partial charge < -0.3 is 19.7 Å². The summed E-state index contributed by atoms with van der Waals surface area (Å²) in [5, 5.41) is 2.98. The number of hydrogen-bond donors (Lipinski definition) is 1. The molecule has 0 radical (unpaired) electrons. The van der Waals surface area contributed by atoms with Crippen molar-refractivity contribution in [1.29, 1.82) is 0 Å². The second-order valence-electron chi connectivity index (χ2n) is 7.30. The van der Waals surface area contributed by atoms with Crippen molar-refractivity contribution in [3.05, 3.63) is 65.5 Å². The van der Waals surface area contributed by atoms with Crippen molar-refractivity contribution in [2.24, 2.45) is 0 Å². The number of urea groups is 1. The Hall–Kier alpha value is -2.60. The average molecular weight is 384 g/mol. The number of nitrogens with one attached hydrogen (secondary N) is 1. The molecule has 2 fully saturated rings. The highest BCUT2D eigenvalue weighted by atomic mass is 19.1. The lowest BCUT2D eigenvalue weighted by atomic mass is 9.96. The van der Waals surface area contributed by atoms with Gasteiger partial charge in [-0.1, -0.05) is 30.3 Å². The number of ether oxygens (including phenoxy) is 2. The zero-order chi connectivity index (χ0) is 19.3. The van der Waals surface area contributed by atoms with E-state index < -0.39 is 0 Å². The molecular weight excluding hydrogens is 359 g/mol. The van der Waals surface area contributed by atoms with E-state index in [1.165, 1.54) is 18.6 Å². The molecule has 1 N–H and O–H groups in total. The Balaban J connectivity index is 1.35. The fourth-order valence-electron chi connectivity index (χ4n) is 3.46. The van der Waals surface area contributed by atoms with Gasteiger partial charge in [-0.2, -0.15) is 0 Å². The fourth-order valence-corrected chi connectivity index (χ4v) is 3.46. The molecule has 1 unspecified atom stereocenters. The number of halogens is 1. The number of hydrogen-bond acceptors (Lipinski definition) is 3. The van der Waals surface area contributed by atoms with E-state index in [9.17, 15) is 9.18 Å². The van der Waals surface area contributed by atoms with Crippen LogP contribution in [0.3, 0.4) is 0 Å². The van der Waals surface area contributed by atoms with Gasteiger partial charge in [0.25, 0.3) is 0 Å². The first-order chi connectivity index (χ1) is 13.7. The summed E-state index contributed by atoms with van der Waals surface area (Å²) in [4.78, 5) is 14.4. The minimum atomic E-state index is -0.315. The molecule has 0 aromatic heterocycles. The second-order valence-corrected chi connectivity index (χ2v) is 7.30. The minimum Gasteiger partial charge on any atom is -0.490 e. The van der Waals surface area contributed by atoms with Crippen LogP contribution in [0, 0.1) is 5.82 Å². The number of para-hydroxylation sites is 1. The highest BCUT2D eigenvalue weighted by Crippen LogP contribution is 2.28. The van der Waals surface area contributed by atoms with Gasteiger partial charge in [-0.3, -0.25) is 0 Å². The molecule has 0 spiro atoms. The minimum absolute atomic E-state index is 0.150. The molecule has 2 aromatic rings. The SMILES string of the molecule is O=C(NCc1ccccc1OC1CCC1)N1CCOC(c2cccc(F)c2)C1. The molecule has 2 aromatic carbocycles. The van der Waals surface area contributed by atoms with Gasteiger partial charge in [0.1, 0.15) is 17.7 Å². The number of morpholine rings is 1. The third-order valence-electron chi connectivity index (χ3n) is 5.32. The Kier molecular flexibility index (Phi) is 5.76. The van der Waals surface area contributed by atoms with Crippen molar-refractivity contribution < 1.29 is 18.7 Å². The van der Waals surface area contributed by atoms with Gasteiger partial charge in [0.15, 0.2) is 0 Å². The third kappa shape index (κ3) is 4.44. The quantitative estimate of drug-likeness (QED) is 0.846. The first-order valence-corrected chi connectivity index (χ1v) is 9.83. The van der Waals surface area contributed by atoms with Crippen LogP contribution in [0.1, 0.15) is 36.5 Å². The summed E-state index contributed by atoms with van der Waals surface area (Å²) in [6.07, 6.45) is 3.38. The van der Waals surface area contributed by atoms with E-state index in [0.717, 1.165) is 29.7 Å². The van der Waals surface area contributed by atoms with Crippen LogP contribution in [0.15, 0.2) is 48.5 Å². The zero-order valence-corrected chi connectivity index (χ0v) is 15.8. The largest absolute Gasteiger partial charge is 0.490 e. The normalized spacial score (nSPS) is 19.8. The molecule has 0 bridgehead atoms. The Morgan fingerprint density at radius 3 is 2.86 bits per heavy atom. The lowest BCUT2D eigenvalue weighted by Crippen LogP contribution is -2.47. The van der Waals surface area contributed by atoms with Gasteiger partial charge in [0.05, 0.1) is 19.3 Å². The molecule has 28 heavy (non-hydrogen) atoms. The molecule has 1 heterocycles. The number of carbonyl (C=O) groups excluding carboxylic acids is 1. The van der Waals surface area contributed by atoms with Gasteiger partial charge in [-0.15, -0.1) is 0 Å². The smallest absolute Gasteiger partial charge is 0.317 e.